The highest BCUT2D eigenvalue weighted by atomic mass is 35.5. The maximum absolute atomic E-state index is 11.9. The Bertz CT molecular complexity index is 469. The van der Waals surface area contributed by atoms with E-state index in [1.54, 1.807) is 38.2 Å². The summed E-state index contributed by atoms with van der Waals surface area (Å²) in [5, 5.41) is 12.3. The molecule has 1 N–H and O–H groups in total. The summed E-state index contributed by atoms with van der Waals surface area (Å²) in [6.45, 7) is 1.69. The molecule has 0 bridgehead atoms. The highest BCUT2D eigenvalue weighted by Gasteiger charge is 2.14. The second kappa shape index (κ2) is 5.34. The molecule has 1 aromatic carbocycles. The number of Topliss-reactive ketones (excluding diaryl/α,β-unsaturated/α-hetero) is 1. The first-order valence-electron chi connectivity index (χ1n) is 4.69. The minimum Gasteiger partial charge on any atom is -0.390 e. The van der Waals surface area contributed by atoms with Crippen molar-refractivity contribution in [1.82, 2.24) is 5.32 Å². The van der Waals surface area contributed by atoms with Gasteiger partial charge in [-0.25, -0.2) is 0 Å². The van der Waals surface area contributed by atoms with Gasteiger partial charge in [0.15, 0.2) is 0 Å². The summed E-state index contributed by atoms with van der Waals surface area (Å²) in [6.07, 6.45) is 0. The summed E-state index contributed by atoms with van der Waals surface area (Å²) in [5.74, 6) is -0.300. The molecule has 0 unspecified atom stereocenters. The molecule has 0 radical (unpaired) electrons. The molecule has 0 fully saturated rings. The van der Waals surface area contributed by atoms with E-state index in [1.165, 1.54) is 0 Å². The van der Waals surface area contributed by atoms with E-state index in [0.717, 1.165) is 0 Å². The standard InChI is InChI=1S/C12H11ClN2O/c1-8(15-2)11(7-14)12(16)9-3-5-10(13)6-4-9/h3-6,15H,1-2H3/b11-8+. The van der Waals surface area contributed by atoms with Crippen LogP contribution in [0.1, 0.15) is 17.3 Å². The van der Waals surface area contributed by atoms with Gasteiger partial charge in [0.25, 0.3) is 0 Å². The van der Waals surface area contributed by atoms with E-state index in [4.69, 9.17) is 16.9 Å². The van der Waals surface area contributed by atoms with Crippen molar-refractivity contribution >= 4 is 17.4 Å². The van der Waals surface area contributed by atoms with E-state index in [1.807, 2.05) is 6.07 Å². The summed E-state index contributed by atoms with van der Waals surface area (Å²) < 4.78 is 0. The number of carbonyl (C=O) groups is 1. The predicted octanol–water partition coefficient (Wildman–Crippen LogP) is 2.54. The Balaban J connectivity index is 3.12. The number of carbonyl (C=O) groups excluding carboxylic acids is 1. The number of hydrogen-bond acceptors (Lipinski definition) is 3. The van der Waals surface area contributed by atoms with Crippen molar-refractivity contribution in [2.45, 2.75) is 6.92 Å². The van der Waals surface area contributed by atoms with Crippen LogP contribution in [-0.2, 0) is 0 Å². The van der Waals surface area contributed by atoms with Crippen LogP contribution < -0.4 is 5.32 Å². The zero-order chi connectivity index (χ0) is 12.1. The van der Waals surface area contributed by atoms with Gasteiger partial charge in [-0.2, -0.15) is 5.26 Å². The number of rotatable bonds is 3. The van der Waals surface area contributed by atoms with E-state index in [2.05, 4.69) is 5.32 Å². The van der Waals surface area contributed by atoms with Crippen molar-refractivity contribution < 1.29 is 4.79 Å². The lowest BCUT2D eigenvalue weighted by Crippen LogP contribution is -2.11. The number of benzene rings is 1. The first-order chi connectivity index (χ1) is 7.60. The number of nitriles is 1. The molecule has 0 saturated carbocycles. The van der Waals surface area contributed by atoms with Gasteiger partial charge in [-0.3, -0.25) is 4.79 Å². The number of hydrogen-bond donors (Lipinski definition) is 1. The average Bonchev–Trinajstić information content (AvgIpc) is 2.30. The van der Waals surface area contributed by atoms with Crippen molar-refractivity contribution in [3.63, 3.8) is 0 Å². The number of allylic oxidation sites excluding steroid dienone is 2. The molecule has 0 atom stereocenters. The maximum atomic E-state index is 11.9. The third kappa shape index (κ3) is 2.62. The average molecular weight is 235 g/mol. The van der Waals surface area contributed by atoms with Crippen molar-refractivity contribution in [2.75, 3.05) is 7.05 Å². The summed E-state index contributed by atoms with van der Waals surface area (Å²) in [7, 11) is 1.67. The van der Waals surface area contributed by atoms with Crippen molar-refractivity contribution in [1.29, 1.82) is 5.26 Å². The van der Waals surface area contributed by atoms with Gasteiger partial charge in [-0.15, -0.1) is 0 Å². The van der Waals surface area contributed by atoms with Crippen molar-refractivity contribution in [2.24, 2.45) is 0 Å². The third-order valence-corrected chi connectivity index (χ3v) is 2.45. The number of nitrogens with zero attached hydrogens (tertiary/aromatic N) is 1. The Morgan fingerprint density at radius 1 is 1.38 bits per heavy atom. The van der Waals surface area contributed by atoms with Gasteiger partial charge in [-0.05, 0) is 31.2 Å². The lowest BCUT2D eigenvalue weighted by Gasteiger charge is -2.04. The van der Waals surface area contributed by atoms with Gasteiger partial charge in [0.1, 0.15) is 11.6 Å². The molecular formula is C12H11ClN2O. The van der Waals surface area contributed by atoms with Crippen molar-refractivity contribution in [3.8, 4) is 6.07 Å². The molecule has 0 heterocycles. The van der Waals surface area contributed by atoms with Crippen LogP contribution in [0, 0.1) is 11.3 Å². The normalized spacial score (nSPS) is 11.4. The Morgan fingerprint density at radius 3 is 2.38 bits per heavy atom. The van der Waals surface area contributed by atoms with Gasteiger partial charge in [-0.1, -0.05) is 11.6 Å². The number of nitrogens with one attached hydrogen (secondary N) is 1. The van der Waals surface area contributed by atoms with Crippen LogP contribution in [0.3, 0.4) is 0 Å². The fourth-order valence-electron chi connectivity index (χ4n) is 1.18. The molecule has 0 aliphatic carbocycles. The molecule has 4 heteroatoms. The van der Waals surface area contributed by atoms with Crippen molar-refractivity contribution in [3.05, 3.63) is 46.1 Å². The largest absolute Gasteiger partial charge is 0.390 e. The summed E-state index contributed by atoms with van der Waals surface area (Å²) in [4.78, 5) is 11.9. The first-order valence-corrected chi connectivity index (χ1v) is 5.07. The SMILES string of the molecule is CN/C(C)=C(\C#N)C(=O)c1ccc(Cl)cc1. The van der Waals surface area contributed by atoms with E-state index in [0.29, 0.717) is 16.3 Å². The van der Waals surface area contributed by atoms with E-state index in [-0.39, 0.29) is 11.4 Å². The van der Waals surface area contributed by atoms with Crippen LogP contribution in [0.15, 0.2) is 35.5 Å². The van der Waals surface area contributed by atoms with E-state index in [9.17, 15) is 4.79 Å². The van der Waals surface area contributed by atoms with Gasteiger partial charge in [0, 0.05) is 23.3 Å². The van der Waals surface area contributed by atoms with Crippen LogP contribution in [0.25, 0.3) is 0 Å². The molecular weight excluding hydrogens is 224 g/mol. The molecule has 0 saturated heterocycles. The van der Waals surface area contributed by atoms with E-state index < -0.39 is 0 Å². The summed E-state index contributed by atoms with van der Waals surface area (Å²) in [6, 6.07) is 8.35. The minimum absolute atomic E-state index is 0.116. The lowest BCUT2D eigenvalue weighted by molar-refractivity contribution is 0.103. The molecule has 0 amide bonds. The molecule has 0 aromatic heterocycles. The minimum atomic E-state index is -0.300. The molecule has 3 nitrogen and oxygen atoms in total. The molecule has 0 aliphatic rings. The van der Waals surface area contributed by atoms with Crippen LogP contribution in [0.5, 0.6) is 0 Å². The van der Waals surface area contributed by atoms with Crippen LogP contribution in [-0.4, -0.2) is 12.8 Å². The fraction of sp³-hybridized carbons (Fsp3) is 0.167. The van der Waals surface area contributed by atoms with Gasteiger partial charge >= 0.3 is 0 Å². The van der Waals surface area contributed by atoms with Crippen LogP contribution in [0.4, 0.5) is 0 Å². The monoisotopic (exact) mass is 234 g/mol. The van der Waals surface area contributed by atoms with Gasteiger partial charge in [0.2, 0.25) is 5.78 Å². The zero-order valence-electron chi connectivity index (χ0n) is 9.04. The highest BCUT2D eigenvalue weighted by Crippen LogP contribution is 2.14. The molecule has 1 aromatic rings. The summed E-state index contributed by atoms with van der Waals surface area (Å²) >= 11 is 5.72. The second-order valence-electron chi connectivity index (χ2n) is 3.20. The third-order valence-electron chi connectivity index (χ3n) is 2.20. The molecule has 16 heavy (non-hydrogen) atoms. The zero-order valence-corrected chi connectivity index (χ0v) is 9.80. The fourth-order valence-corrected chi connectivity index (χ4v) is 1.30. The number of ketones is 1. The number of halogens is 1. The Morgan fingerprint density at radius 2 is 1.94 bits per heavy atom. The molecule has 0 spiro atoms. The van der Waals surface area contributed by atoms with Crippen LogP contribution >= 0.6 is 11.6 Å². The molecule has 1 rings (SSSR count). The summed E-state index contributed by atoms with van der Waals surface area (Å²) in [5.41, 5.74) is 1.13. The lowest BCUT2D eigenvalue weighted by atomic mass is 10.0. The Kier molecular flexibility index (Phi) is 4.10. The highest BCUT2D eigenvalue weighted by molar-refractivity contribution is 6.30. The quantitative estimate of drug-likeness (QED) is 0.497. The van der Waals surface area contributed by atoms with Crippen LogP contribution in [0.2, 0.25) is 5.02 Å². The Labute approximate surface area is 99.3 Å². The maximum Gasteiger partial charge on any atom is 0.205 e. The topological polar surface area (TPSA) is 52.9 Å². The molecule has 82 valence electrons. The molecule has 0 aliphatic heterocycles. The first kappa shape index (κ1) is 12.3. The van der Waals surface area contributed by atoms with Gasteiger partial charge < -0.3 is 5.32 Å². The smallest absolute Gasteiger partial charge is 0.205 e. The predicted molar refractivity (Wildman–Crippen MR) is 63.2 cm³/mol. The second-order valence-corrected chi connectivity index (χ2v) is 3.63. The Hall–Kier alpha value is -1.79. The van der Waals surface area contributed by atoms with E-state index >= 15 is 0 Å². The van der Waals surface area contributed by atoms with Gasteiger partial charge in [0.05, 0.1) is 0 Å².